The first kappa shape index (κ1) is 19.0. The Kier molecular flexibility index (Phi) is 5.17. The van der Waals surface area contributed by atoms with Crippen LogP contribution in [0, 0.1) is 0 Å². The van der Waals surface area contributed by atoms with E-state index in [0.29, 0.717) is 12.0 Å². The molecule has 0 atom stereocenters. The van der Waals surface area contributed by atoms with Gasteiger partial charge in [0.25, 0.3) is 0 Å². The minimum absolute atomic E-state index is 0.0193. The summed E-state index contributed by atoms with van der Waals surface area (Å²) >= 11 is 6.34. The van der Waals surface area contributed by atoms with E-state index < -0.39 is 10.1 Å². The van der Waals surface area contributed by atoms with Crippen LogP contribution in [0.5, 0.6) is 5.75 Å². The normalized spacial score (nSPS) is 14.9. The highest BCUT2D eigenvalue weighted by Gasteiger charge is 2.21. The van der Waals surface area contributed by atoms with Crippen LogP contribution < -0.4 is 9.81 Å². The predicted octanol–water partition coefficient (Wildman–Crippen LogP) is 4.87. The van der Waals surface area contributed by atoms with Gasteiger partial charge in [0.2, 0.25) is 0 Å². The number of benzene rings is 2. The van der Waals surface area contributed by atoms with Crippen LogP contribution in [0.3, 0.4) is 0 Å². The van der Waals surface area contributed by atoms with Crippen LogP contribution in [-0.2, 0) is 23.0 Å². The third kappa shape index (κ3) is 3.66. The predicted molar refractivity (Wildman–Crippen MR) is 108 cm³/mol. The Morgan fingerprint density at radius 2 is 1.61 bits per heavy atom. The van der Waals surface area contributed by atoms with Gasteiger partial charge in [0.15, 0.2) is 5.75 Å². The second-order valence-corrected chi connectivity index (χ2v) is 8.84. The number of hydrogen-bond acceptors (Lipinski definition) is 5. The third-order valence-corrected chi connectivity index (χ3v) is 6.55. The average Bonchev–Trinajstić information content (AvgIpc) is 2.64. The van der Waals surface area contributed by atoms with Crippen molar-refractivity contribution in [1.29, 1.82) is 0 Å². The molecule has 0 bridgehead atoms. The molecule has 2 aromatic carbocycles. The largest absolute Gasteiger partial charge is 0.422 e. The maximum atomic E-state index is 12.5. The molecule has 0 amide bonds. The molecule has 1 aromatic heterocycles. The maximum Gasteiger partial charge on any atom is 0.339 e. The van der Waals surface area contributed by atoms with Gasteiger partial charge in [-0.05, 0) is 49.4 Å². The Labute approximate surface area is 168 Å². The average molecular weight is 419 g/mol. The number of halogens is 1. The van der Waals surface area contributed by atoms with E-state index >= 15 is 0 Å². The topological polar surface area (TPSA) is 73.6 Å². The van der Waals surface area contributed by atoms with E-state index in [1.165, 1.54) is 18.2 Å². The van der Waals surface area contributed by atoms with Crippen molar-refractivity contribution in [3.8, 4) is 5.75 Å². The second-order valence-electron chi connectivity index (χ2n) is 6.89. The third-order valence-electron chi connectivity index (χ3n) is 5.01. The quantitative estimate of drug-likeness (QED) is 0.448. The van der Waals surface area contributed by atoms with Crippen molar-refractivity contribution in [1.82, 2.24) is 0 Å². The van der Waals surface area contributed by atoms with Gasteiger partial charge in [0, 0.05) is 17.0 Å². The van der Waals surface area contributed by atoms with E-state index in [2.05, 4.69) is 0 Å². The van der Waals surface area contributed by atoms with Crippen LogP contribution in [-0.4, -0.2) is 8.42 Å². The molecule has 1 aliphatic carbocycles. The Morgan fingerprint density at radius 1 is 0.929 bits per heavy atom. The highest BCUT2D eigenvalue weighted by molar-refractivity contribution is 7.87. The lowest BCUT2D eigenvalue weighted by Crippen LogP contribution is -2.14. The summed E-state index contributed by atoms with van der Waals surface area (Å²) in [6.45, 7) is 0. The van der Waals surface area contributed by atoms with Crippen LogP contribution in [0.2, 0.25) is 5.02 Å². The van der Waals surface area contributed by atoms with Gasteiger partial charge in [0.05, 0.1) is 5.02 Å². The first-order valence-corrected chi connectivity index (χ1v) is 11.0. The summed E-state index contributed by atoms with van der Waals surface area (Å²) in [4.78, 5) is 12.5. The highest BCUT2D eigenvalue weighted by Crippen LogP contribution is 2.35. The molecule has 28 heavy (non-hydrogen) atoms. The summed E-state index contributed by atoms with van der Waals surface area (Å²) in [5.41, 5.74) is 1.56. The van der Waals surface area contributed by atoms with Gasteiger partial charge in [-0.15, -0.1) is 0 Å². The maximum absolute atomic E-state index is 12.5. The Bertz CT molecular complexity index is 1180. The SMILES string of the molecule is O=c1oc2cc(OS(=O)(=O)c3ccccc3)c(Cl)cc2c2c1CCCCCC2. The van der Waals surface area contributed by atoms with Crippen LogP contribution in [0.15, 0.2) is 56.6 Å². The van der Waals surface area contributed by atoms with Crippen LogP contribution in [0.1, 0.15) is 36.8 Å². The molecular weight excluding hydrogens is 400 g/mol. The standard InChI is InChI=1S/C21H19ClO5S/c22-18-12-17-15-10-6-1-2-7-11-16(15)21(23)26-19(17)13-20(18)27-28(24,25)14-8-4-3-5-9-14/h3-5,8-9,12-13H,1-2,6-7,10-11H2. The molecule has 5 nitrogen and oxygen atoms in total. The molecule has 0 N–H and O–H groups in total. The van der Waals surface area contributed by atoms with Gasteiger partial charge < -0.3 is 8.60 Å². The van der Waals surface area contributed by atoms with Gasteiger partial charge in [-0.25, -0.2) is 4.79 Å². The minimum Gasteiger partial charge on any atom is -0.422 e. The fraction of sp³-hybridized carbons (Fsp3) is 0.286. The summed E-state index contributed by atoms with van der Waals surface area (Å²) in [5, 5.41) is 0.899. The summed E-state index contributed by atoms with van der Waals surface area (Å²) in [6.07, 6.45) is 5.62. The van der Waals surface area contributed by atoms with E-state index in [0.717, 1.165) is 43.1 Å². The molecule has 4 rings (SSSR count). The van der Waals surface area contributed by atoms with Crippen LogP contribution in [0.4, 0.5) is 0 Å². The van der Waals surface area contributed by atoms with Crippen molar-refractivity contribution >= 4 is 32.7 Å². The van der Waals surface area contributed by atoms with Crippen LogP contribution in [0.25, 0.3) is 11.0 Å². The zero-order valence-corrected chi connectivity index (χ0v) is 16.7. The molecule has 0 saturated carbocycles. The first-order valence-electron chi connectivity index (χ1n) is 9.23. The fourth-order valence-electron chi connectivity index (χ4n) is 3.62. The van der Waals surface area contributed by atoms with Gasteiger partial charge >= 0.3 is 15.7 Å². The van der Waals surface area contributed by atoms with E-state index in [1.54, 1.807) is 24.3 Å². The highest BCUT2D eigenvalue weighted by atomic mass is 35.5. The fourth-order valence-corrected chi connectivity index (χ4v) is 4.82. The number of fused-ring (bicyclic) bond motifs is 3. The summed E-state index contributed by atoms with van der Waals surface area (Å²) in [7, 11) is -4.05. The zero-order chi connectivity index (χ0) is 19.7. The first-order chi connectivity index (χ1) is 13.5. The molecule has 3 aromatic rings. The second kappa shape index (κ2) is 7.60. The van der Waals surface area contributed by atoms with Crippen molar-refractivity contribution in [2.75, 3.05) is 0 Å². The monoisotopic (exact) mass is 418 g/mol. The Morgan fingerprint density at radius 3 is 2.32 bits per heavy atom. The zero-order valence-electron chi connectivity index (χ0n) is 15.1. The smallest absolute Gasteiger partial charge is 0.339 e. The minimum atomic E-state index is -4.05. The van der Waals surface area contributed by atoms with Gasteiger partial charge in [-0.3, -0.25) is 0 Å². The van der Waals surface area contributed by atoms with Crippen molar-refractivity contribution in [2.24, 2.45) is 0 Å². The Hall–Kier alpha value is -2.31. The molecule has 0 radical (unpaired) electrons. The molecule has 0 aliphatic heterocycles. The van der Waals surface area contributed by atoms with Crippen molar-refractivity contribution in [2.45, 2.75) is 43.4 Å². The van der Waals surface area contributed by atoms with E-state index in [9.17, 15) is 13.2 Å². The molecule has 146 valence electrons. The molecular formula is C21H19ClO5S. The number of hydrogen-bond donors (Lipinski definition) is 0. The molecule has 1 heterocycles. The van der Waals surface area contributed by atoms with E-state index in [1.807, 2.05) is 0 Å². The van der Waals surface area contributed by atoms with Crippen molar-refractivity contribution in [3.63, 3.8) is 0 Å². The summed E-state index contributed by atoms with van der Waals surface area (Å²) in [5.74, 6) is -0.0630. The van der Waals surface area contributed by atoms with Crippen molar-refractivity contribution in [3.05, 3.63) is 69.0 Å². The molecule has 7 heteroatoms. The lowest BCUT2D eigenvalue weighted by molar-refractivity contribution is 0.484. The van der Waals surface area contributed by atoms with Crippen LogP contribution >= 0.6 is 11.6 Å². The number of aryl methyl sites for hydroxylation is 1. The molecule has 0 fully saturated rings. The van der Waals surface area contributed by atoms with Gasteiger partial charge in [-0.1, -0.05) is 42.6 Å². The summed E-state index contributed by atoms with van der Waals surface area (Å²) in [6, 6.07) is 10.8. The van der Waals surface area contributed by atoms with Gasteiger partial charge in [0.1, 0.15) is 10.5 Å². The number of rotatable bonds is 3. The van der Waals surface area contributed by atoms with Crippen molar-refractivity contribution < 1.29 is 17.0 Å². The molecule has 0 unspecified atom stereocenters. The molecule has 1 aliphatic rings. The summed E-state index contributed by atoms with van der Waals surface area (Å²) < 4.78 is 35.7. The van der Waals surface area contributed by atoms with E-state index in [-0.39, 0.29) is 26.9 Å². The van der Waals surface area contributed by atoms with E-state index in [4.69, 9.17) is 20.2 Å². The Balaban J connectivity index is 1.81. The molecule has 0 spiro atoms. The lowest BCUT2D eigenvalue weighted by atomic mass is 9.92. The van der Waals surface area contributed by atoms with Gasteiger partial charge in [-0.2, -0.15) is 8.42 Å². The lowest BCUT2D eigenvalue weighted by Gasteiger charge is -2.16. The molecule has 0 saturated heterocycles.